The summed E-state index contributed by atoms with van der Waals surface area (Å²) in [6, 6.07) is 6.25. The molecule has 0 N–H and O–H groups in total. The van der Waals surface area contributed by atoms with Gasteiger partial charge in [0.1, 0.15) is 0 Å². The Morgan fingerprint density at radius 2 is 1.85 bits per heavy atom. The van der Waals surface area contributed by atoms with Gasteiger partial charge < -0.3 is 14.4 Å². The van der Waals surface area contributed by atoms with Gasteiger partial charge in [0.25, 0.3) is 5.91 Å². The van der Waals surface area contributed by atoms with Gasteiger partial charge >= 0.3 is 0 Å². The monoisotopic (exact) mass is 337 g/mol. The molecule has 2 saturated heterocycles. The molecule has 0 aromatic heterocycles. The molecule has 3 aliphatic rings. The molecule has 0 saturated carbocycles. The summed E-state index contributed by atoms with van der Waals surface area (Å²) < 4.78 is 10.7. The number of rotatable bonds is 1. The molecule has 0 spiro atoms. The van der Waals surface area contributed by atoms with Crippen LogP contribution in [-0.4, -0.2) is 34.5 Å². The van der Waals surface area contributed by atoms with E-state index < -0.39 is 0 Å². The molecular weight excluding hydrogens is 322 g/mol. The van der Waals surface area contributed by atoms with Crippen LogP contribution in [0.25, 0.3) is 0 Å². The molecule has 5 heteroatoms. The summed E-state index contributed by atoms with van der Waals surface area (Å²) in [6.07, 6.45) is 4.38. The number of amides is 1. The minimum absolute atomic E-state index is 0.134. The fourth-order valence-corrected chi connectivity index (χ4v) is 4.48. The number of benzene rings is 1. The summed E-state index contributed by atoms with van der Waals surface area (Å²) in [5, 5.41) is 0. The van der Waals surface area contributed by atoms with Gasteiger partial charge in [0.05, 0.1) is 0 Å². The fraction of sp³-hybridized carbons (Fsp3) is 0.533. The summed E-state index contributed by atoms with van der Waals surface area (Å²) in [4.78, 5) is 15.4. The van der Waals surface area contributed by atoms with E-state index in [-0.39, 0.29) is 12.7 Å². The van der Waals surface area contributed by atoms with Crippen LogP contribution in [0.3, 0.4) is 0 Å². The molecule has 2 fully saturated rings. The van der Waals surface area contributed by atoms with Crippen molar-refractivity contribution in [2.24, 2.45) is 0 Å². The number of carbonyl (C=O) groups excluding carboxylic acids is 1. The van der Waals surface area contributed by atoms with Crippen molar-refractivity contribution in [1.82, 2.24) is 4.90 Å². The molecule has 4 rings (SSSR count). The van der Waals surface area contributed by atoms with E-state index in [4.69, 9.17) is 9.47 Å². The molecule has 2 unspecified atom stereocenters. The molecular formula is C15H16BrNO3. The van der Waals surface area contributed by atoms with E-state index in [2.05, 4.69) is 20.8 Å². The van der Waals surface area contributed by atoms with Crippen LogP contribution in [0.5, 0.6) is 11.5 Å². The van der Waals surface area contributed by atoms with Crippen LogP contribution in [0.4, 0.5) is 0 Å². The Hall–Kier alpha value is -1.23. The lowest BCUT2D eigenvalue weighted by atomic mass is 10.0. The highest BCUT2D eigenvalue weighted by Crippen LogP contribution is 2.40. The highest BCUT2D eigenvalue weighted by molar-refractivity contribution is 9.09. The van der Waals surface area contributed by atoms with E-state index in [9.17, 15) is 4.79 Å². The van der Waals surface area contributed by atoms with Crippen molar-refractivity contribution in [2.75, 3.05) is 6.79 Å². The van der Waals surface area contributed by atoms with Crippen LogP contribution in [0.1, 0.15) is 36.0 Å². The first-order valence-corrected chi connectivity index (χ1v) is 8.00. The second kappa shape index (κ2) is 4.65. The van der Waals surface area contributed by atoms with Crippen molar-refractivity contribution >= 4 is 21.8 Å². The molecule has 2 bridgehead atoms. The van der Waals surface area contributed by atoms with Crippen LogP contribution < -0.4 is 9.47 Å². The number of nitrogens with zero attached hydrogens (tertiary/aromatic N) is 1. The standard InChI is InChI=1S/C15H16BrNO3/c16-10-6-11-2-3-12(7-10)17(11)15(18)9-1-4-13-14(5-9)20-8-19-13/h1,4-5,10-12H,2-3,6-8H2. The number of piperidine rings is 1. The van der Waals surface area contributed by atoms with Crippen LogP contribution in [0.2, 0.25) is 0 Å². The zero-order valence-electron chi connectivity index (χ0n) is 11.0. The van der Waals surface area contributed by atoms with E-state index in [1.807, 2.05) is 18.2 Å². The Morgan fingerprint density at radius 3 is 2.60 bits per heavy atom. The lowest BCUT2D eigenvalue weighted by molar-refractivity contribution is 0.0603. The van der Waals surface area contributed by atoms with E-state index in [0.29, 0.717) is 28.2 Å². The molecule has 2 atom stereocenters. The van der Waals surface area contributed by atoms with E-state index in [1.165, 1.54) is 0 Å². The van der Waals surface area contributed by atoms with E-state index in [0.717, 1.165) is 31.4 Å². The third-order valence-corrected chi connectivity index (χ3v) is 5.28. The van der Waals surface area contributed by atoms with E-state index >= 15 is 0 Å². The first-order valence-electron chi connectivity index (χ1n) is 7.09. The number of hydrogen-bond donors (Lipinski definition) is 0. The number of fused-ring (bicyclic) bond motifs is 3. The van der Waals surface area contributed by atoms with Gasteiger partial charge in [0.2, 0.25) is 6.79 Å². The lowest BCUT2D eigenvalue weighted by Crippen LogP contribution is -2.46. The molecule has 20 heavy (non-hydrogen) atoms. The highest BCUT2D eigenvalue weighted by atomic mass is 79.9. The van der Waals surface area contributed by atoms with Gasteiger partial charge in [-0.2, -0.15) is 0 Å². The molecule has 1 aromatic carbocycles. The average Bonchev–Trinajstić information content (AvgIpc) is 3.00. The third-order valence-electron chi connectivity index (χ3n) is 4.53. The maximum absolute atomic E-state index is 12.8. The van der Waals surface area contributed by atoms with Gasteiger partial charge in [-0.1, -0.05) is 15.9 Å². The van der Waals surface area contributed by atoms with Crippen molar-refractivity contribution in [3.63, 3.8) is 0 Å². The normalized spacial score (nSPS) is 30.6. The molecule has 4 nitrogen and oxygen atoms in total. The third kappa shape index (κ3) is 1.91. The van der Waals surface area contributed by atoms with Crippen molar-refractivity contribution < 1.29 is 14.3 Å². The van der Waals surface area contributed by atoms with Crippen LogP contribution in [0.15, 0.2) is 18.2 Å². The predicted octanol–water partition coefficient (Wildman–Crippen LogP) is 2.95. The lowest BCUT2D eigenvalue weighted by Gasteiger charge is -2.37. The molecule has 3 aliphatic heterocycles. The van der Waals surface area contributed by atoms with Crippen molar-refractivity contribution in [3.05, 3.63) is 23.8 Å². The zero-order valence-corrected chi connectivity index (χ0v) is 12.6. The summed E-state index contributed by atoms with van der Waals surface area (Å²) in [6.45, 7) is 0.243. The number of hydrogen-bond acceptors (Lipinski definition) is 3. The SMILES string of the molecule is O=C(c1ccc2c(c1)OCO2)N1C2CCC1CC(Br)C2. The van der Waals surface area contributed by atoms with Gasteiger partial charge in [-0.15, -0.1) is 0 Å². The Bertz CT molecular complexity index is 548. The smallest absolute Gasteiger partial charge is 0.254 e. The number of alkyl halides is 1. The van der Waals surface area contributed by atoms with Gasteiger partial charge in [0, 0.05) is 22.5 Å². The van der Waals surface area contributed by atoms with Gasteiger partial charge in [-0.3, -0.25) is 4.79 Å². The quantitative estimate of drug-likeness (QED) is 0.739. The predicted molar refractivity (Wildman–Crippen MR) is 77.5 cm³/mol. The van der Waals surface area contributed by atoms with Crippen LogP contribution in [0, 0.1) is 0 Å². The largest absolute Gasteiger partial charge is 0.454 e. The molecule has 106 valence electrons. The Labute approximate surface area is 126 Å². The minimum atomic E-state index is 0.134. The average molecular weight is 338 g/mol. The Morgan fingerprint density at radius 1 is 1.15 bits per heavy atom. The van der Waals surface area contributed by atoms with E-state index in [1.54, 1.807) is 0 Å². The van der Waals surface area contributed by atoms with Gasteiger partial charge in [0.15, 0.2) is 11.5 Å². The zero-order chi connectivity index (χ0) is 13.7. The minimum Gasteiger partial charge on any atom is -0.454 e. The second-order valence-electron chi connectivity index (χ2n) is 5.73. The van der Waals surface area contributed by atoms with Crippen molar-refractivity contribution in [3.8, 4) is 11.5 Å². The number of halogens is 1. The Kier molecular flexibility index (Phi) is 2.91. The maximum atomic E-state index is 12.8. The summed E-state index contributed by atoms with van der Waals surface area (Å²) in [5.74, 6) is 1.54. The molecule has 1 amide bonds. The molecule has 0 radical (unpaired) electrons. The molecule has 1 aromatic rings. The molecule has 3 heterocycles. The molecule has 0 aliphatic carbocycles. The van der Waals surface area contributed by atoms with Crippen LogP contribution in [-0.2, 0) is 0 Å². The fourth-order valence-electron chi connectivity index (χ4n) is 3.62. The second-order valence-corrected chi connectivity index (χ2v) is 7.03. The van der Waals surface area contributed by atoms with Crippen LogP contribution >= 0.6 is 15.9 Å². The Balaban J connectivity index is 1.61. The van der Waals surface area contributed by atoms with Crippen molar-refractivity contribution in [2.45, 2.75) is 42.6 Å². The summed E-state index contributed by atoms with van der Waals surface area (Å²) in [5.41, 5.74) is 0.708. The summed E-state index contributed by atoms with van der Waals surface area (Å²) >= 11 is 3.71. The maximum Gasteiger partial charge on any atom is 0.254 e. The topological polar surface area (TPSA) is 38.8 Å². The first-order chi connectivity index (χ1) is 9.72. The first kappa shape index (κ1) is 12.5. The number of ether oxygens (including phenoxy) is 2. The van der Waals surface area contributed by atoms with Gasteiger partial charge in [-0.25, -0.2) is 0 Å². The summed E-state index contributed by atoms with van der Waals surface area (Å²) in [7, 11) is 0. The number of carbonyl (C=O) groups is 1. The van der Waals surface area contributed by atoms with Crippen molar-refractivity contribution in [1.29, 1.82) is 0 Å². The highest BCUT2D eigenvalue weighted by Gasteiger charge is 2.42. The van der Waals surface area contributed by atoms with Gasteiger partial charge in [-0.05, 0) is 43.9 Å².